The predicted octanol–water partition coefficient (Wildman–Crippen LogP) is -0.351. The fraction of sp³-hybridized carbons (Fsp3) is 1.00. The maximum Gasteiger partial charge on any atom is 0.214 e. The van der Waals surface area contributed by atoms with Crippen LogP contribution < -0.4 is 0 Å². The maximum atomic E-state index is 11.4. The zero-order valence-electron chi connectivity index (χ0n) is 7.40. The smallest absolute Gasteiger partial charge is 0.214 e. The van der Waals surface area contributed by atoms with E-state index in [-0.39, 0.29) is 24.3 Å². The van der Waals surface area contributed by atoms with Gasteiger partial charge in [0, 0.05) is 12.6 Å². The third-order valence-corrected chi connectivity index (χ3v) is 4.31. The number of nitrogens with zero attached hydrogens (tertiary/aromatic N) is 1. The largest absolute Gasteiger partial charge is 0.395 e. The molecule has 1 rings (SSSR count). The summed E-state index contributed by atoms with van der Waals surface area (Å²) in [6.45, 7) is 4.06. The molecule has 5 heteroatoms. The summed E-state index contributed by atoms with van der Waals surface area (Å²) in [5.41, 5.74) is 0. The topological polar surface area (TPSA) is 57.6 Å². The fourth-order valence-corrected chi connectivity index (χ4v) is 3.59. The number of hydrogen-bond donors (Lipinski definition) is 1. The lowest BCUT2D eigenvalue weighted by atomic mass is 10.2. The number of aliphatic hydroxyl groups is 1. The Morgan fingerprint density at radius 2 is 2.25 bits per heavy atom. The van der Waals surface area contributed by atoms with Gasteiger partial charge in [0.15, 0.2) is 0 Å². The number of hydrogen-bond acceptors (Lipinski definition) is 3. The minimum Gasteiger partial charge on any atom is -0.395 e. The second-order valence-electron chi connectivity index (χ2n) is 3.49. The highest BCUT2D eigenvalue weighted by Gasteiger charge is 2.36. The van der Waals surface area contributed by atoms with Crippen LogP contribution in [0.3, 0.4) is 0 Å². The van der Waals surface area contributed by atoms with Crippen molar-refractivity contribution in [1.29, 1.82) is 0 Å². The van der Waals surface area contributed by atoms with Crippen LogP contribution in [0.25, 0.3) is 0 Å². The molecule has 0 amide bonds. The molecule has 1 heterocycles. The van der Waals surface area contributed by atoms with Crippen molar-refractivity contribution in [3.05, 3.63) is 0 Å². The van der Waals surface area contributed by atoms with Crippen LogP contribution >= 0.6 is 0 Å². The van der Waals surface area contributed by atoms with Gasteiger partial charge < -0.3 is 5.11 Å². The highest BCUT2D eigenvalue weighted by atomic mass is 32.2. The molecule has 2 unspecified atom stereocenters. The van der Waals surface area contributed by atoms with Crippen molar-refractivity contribution < 1.29 is 13.5 Å². The third-order valence-electron chi connectivity index (χ3n) is 2.10. The molecule has 72 valence electrons. The van der Waals surface area contributed by atoms with Crippen molar-refractivity contribution in [3.8, 4) is 0 Å². The molecular weight excluding hydrogens is 178 g/mol. The fourth-order valence-electron chi connectivity index (χ4n) is 1.47. The van der Waals surface area contributed by atoms with Crippen molar-refractivity contribution in [2.45, 2.75) is 19.9 Å². The van der Waals surface area contributed by atoms with Gasteiger partial charge in [-0.05, 0) is 12.8 Å². The zero-order valence-corrected chi connectivity index (χ0v) is 8.21. The molecule has 0 saturated carbocycles. The highest BCUT2D eigenvalue weighted by Crippen LogP contribution is 2.21. The van der Waals surface area contributed by atoms with E-state index in [1.165, 1.54) is 4.31 Å². The Morgan fingerprint density at radius 1 is 1.67 bits per heavy atom. The molecule has 2 atom stereocenters. The van der Waals surface area contributed by atoms with Crippen LogP contribution in [0.2, 0.25) is 0 Å². The Morgan fingerprint density at radius 3 is 2.58 bits per heavy atom. The molecule has 1 fully saturated rings. The van der Waals surface area contributed by atoms with Gasteiger partial charge in [0.25, 0.3) is 0 Å². The first kappa shape index (κ1) is 9.95. The first-order valence-corrected chi connectivity index (χ1v) is 5.68. The summed E-state index contributed by atoms with van der Waals surface area (Å²) in [4.78, 5) is 0. The molecular formula is C7H15NO3S. The van der Waals surface area contributed by atoms with Crippen molar-refractivity contribution in [3.63, 3.8) is 0 Å². The summed E-state index contributed by atoms with van der Waals surface area (Å²) >= 11 is 0. The molecule has 0 radical (unpaired) electrons. The molecule has 0 aromatic carbocycles. The van der Waals surface area contributed by atoms with Crippen LogP contribution in [0.4, 0.5) is 0 Å². The van der Waals surface area contributed by atoms with Gasteiger partial charge in [0.1, 0.15) is 0 Å². The third kappa shape index (κ3) is 1.78. The van der Waals surface area contributed by atoms with E-state index >= 15 is 0 Å². The Bertz CT molecular complexity index is 249. The summed E-state index contributed by atoms with van der Waals surface area (Å²) in [7, 11) is -3.07. The molecule has 0 aliphatic carbocycles. The number of sulfonamides is 1. The van der Waals surface area contributed by atoms with Crippen LogP contribution in [-0.2, 0) is 10.0 Å². The second kappa shape index (κ2) is 3.32. The van der Waals surface area contributed by atoms with E-state index in [1.807, 2.05) is 6.92 Å². The molecule has 0 aromatic rings. The minimum absolute atomic E-state index is 0.105. The highest BCUT2D eigenvalue weighted by molar-refractivity contribution is 7.89. The first-order valence-electron chi connectivity index (χ1n) is 4.07. The lowest BCUT2D eigenvalue weighted by molar-refractivity contribution is 0.199. The summed E-state index contributed by atoms with van der Waals surface area (Å²) in [5, 5.41) is 8.81. The van der Waals surface area contributed by atoms with E-state index in [9.17, 15) is 8.42 Å². The average molecular weight is 193 g/mol. The van der Waals surface area contributed by atoms with Crippen molar-refractivity contribution >= 4 is 10.0 Å². The molecule has 1 N–H and O–H groups in total. The monoisotopic (exact) mass is 193 g/mol. The molecule has 1 aliphatic heterocycles. The standard InChI is InChI=1S/C7H15NO3S/c1-6-3-8(7(2)4-9)12(10,11)5-6/h6-7,9H,3-5H2,1-2H3. The molecule has 0 bridgehead atoms. The Hall–Kier alpha value is -0.130. The van der Waals surface area contributed by atoms with Gasteiger partial charge in [-0.2, -0.15) is 4.31 Å². The summed E-state index contributed by atoms with van der Waals surface area (Å²) in [6.07, 6.45) is 0. The molecule has 4 nitrogen and oxygen atoms in total. The molecule has 12 heavy (non-hydrogen) atoms. The SMILES string of the molecule is CC1CN(C(C)CO)S(=O)(=O)C1. The molecule has 1 saturated heterocycles. The van der Waals surface area contributed by atoms with E-state index in [0.717, 1.165) is 0 Å². The van der Waals surface area contributed by atoms with Crippen molar-refractivity contribution in [2.24, 2.45) is 5.92 Å². The second-order valence-corrected chi connectivity index (χ2v) is 5.45. The quantitative estimate of drug-likeness (QED) is 0.652. The van der Waals surface area contributed by atoms with Gasteiger partial charge >= 0.3 is 0 Å². The first-order chi connectivity index (χ1) is 5.47. The van der Waals surface area contributed by atoms with Gasteiger partial charge in [-0.1, -0.05) is 6.92 Å². The van der Waals surface area contributed by atoms with Gasteiger partial charge in [0.2, 0.25) is 10.0 Å². The van der Waals surface area contributed by atoms with Crippen molar-refractivity contribution in [1.82, 2.24) is 4.31 Å². The number of aliphatic hydroxyl groups excluding tert-OH is 1. The van der Waals surface area contributed by atoms with Gasteiger partial charge in [-0.25, -0.2) is 8.42 Å². The van der Waals surface area contributed by atoms with Crippen LogP contribution in [-0.4, -0.2) is 42.8 Å². The Labute approximate surface area is 73.2 Å². The molecule has 1 aliphatic rings. The molecule has 0 aromatic heterocycles. The average Bonchev–Trinajstić information content (AvgIpc) is 2.23. The maximum absolute atomic E-state index is 11.4. The summed E-state index contributed by atoms with van der Waals surface area (Å²) in [5.74, 6) is 0.404. The summed E-state index contributed by atoms with van der Waals surface area (Å²) in [6, 6.07) is -0.278. The van der Waals surface area contributed by atoms with Crippen LogP contribution in [0.15, 0.2) is 0 Å². The van der Waals surface area contributed by atoms with E-state index < -0.39 is 10.0 Å². The normalized spacial score (nSPS) is 32.1. The van der Waals surface area contributed by atoms with E-state index in [1.54, 1.807) is 6.92 Å². The van der Waals surface area contributed by atoms with Crippen LogP contribution in [0, 0.1) is 5.92 Å². The Balaban J connectivity index is 2.79. The van der Waals surface area contributed by atoms with Gasteiger partial charge in [-0.15, -0.1) is 0 Å². The lowest BCUT2D eigenvalue weighted by Crippen LogP contribution is -2.37. The van der Waals surface area contributed by atoms with Crippen LogP contribution in [0.5, 0.6) is 0 Å². The van der Waals surface area contributed by atoms with Gasteiger partial charge in [0.05, 0.1) is 12.4 Å². The van der Waals surface area contributed by atoms with Crippen molar-refractivity contribution in [2.75, 3.05) is 18.9 Å². The summed E-state index contributed by atoms with van der Waals surface area (Å²) < 4.78 is 24.2. The van der Waals surface area contributed by atoms with E-state index in [2.05, 4.69) is 0 Å². The zero-order chi connectivity index (χ0) is 9.35. The van der Waals surface area contributed by atoms with Crippen LogP contribution in [0.1, 0.15) is 13.8 Å². The Kier molecular flexibility index (Phi) is 2.75. The lowest BCUT2D eigenvalue weighted by Gasteiger charge is -2.20. The number of rotatable bonds is 2. The minimum atomic E-state index is -3.07. The predicted molar refractivity (Wildman–Crippen MR) is 46.2 cm³/mol. The van der Waals surface area contributed by atoms with E-state index in [4.69, 9.17) is 5.11 Å². The molecule has 0 spiro atoms. The van der Waals surface area contributed by atoms with E-state index in [0.29, 0.717) is 6.54 Å². The van der Waals surface area contributed by atoms with Gasteiger partial charge in [-0.3, -0.25) is 0 Å².